The van der Waals surface area contributed by atoms with E-state index in [0.717, 1.165) is 25.7 Å². The lowest BCUT2D eigenvalue weighted by atomic mass is 9.85. The highest BCUT2D eigenvalue weighted by atomic mass is 16.2. The molecule has 3 rings (SSSR count). The summed E-state index contributed by atoms with van der Waals surface area (Å²) >= 11 is 0. The molecular weight excluding hydrogens is 428 g/mol. The van der Waals surface area contributed by atoms with Gasteiger partial charge in [0.25, 0.3) is 0 Å². The van der Waals surface area contributed by atoms with Crippen molar-refractivity contribution in [3.8, 4) is 0 Å². The molecule has 1 saturated heterocycles. The molecule has 0 spiro atoms. The van der Waals surface area contributed by atoms with Gasteiger partial charge >= 0.3 is 0 Å². The van der Waals surface area contributed by atoms with E-state index in [4.69, 9.17) is 0 Å². The fourth-order valence-electron chi connectivity index (χ4n) is 5.17. The molecule has 3 amide bonds. The van der Waals surface area contributed by atoms with E-state index in [1.807, 2.05) is 37.5 Å². The minimum Gasteiger partial charge on any atom is -0.342 e. The van der Waals surface area contributed by atoms with Crippen LogP contribution in [0.25, 0.3) is 0 Å². The molecule has 0 radical (unpaired) electrons. The molecule has 0 aromatic heterocycles. The number of fused-ring (bicyclic) bond motifs is 1. The smallest absolute Gasteiger partial charge is 0.246 e. The summed E-state index contributed by atoms with van der Waals surface area (Å²) in [6.45, 7) is 10.8. The van der Waals surface area contributed by atoms with Gasteiger partial charge in [-0.05, 0) is 56.2 Å². The van der Waals surface area contributed by atoms with Crippen molar-refractivity contribution < 1.29 is 14.4 Å². The summed E-state index contributed by atoms with van der Waals surface area (Å²) in [4.78, 5) is 43.3. The van der Waals surface area contributed by atoms with Gasteiger partial charge in [-0.3, -0.25) is 14.4 Å². The second-order valence-electron chi connectivity index (χ2n) is 10.9. The second kappa shape index (κ2) is 10.9. The van der Waals surface area contributed by atoms with E-state index in [2.05, 4.69) is 34.9 Å². The lowest BCUT2D eigenvalue weighted by molar-refractivity contribution is -0.142. The number of carbonyl (C=O) groups excluding carboxylic acids is 3. The van der Waals surface area contributed by atoms with Crippen molar-refractivity contribution in [2.75, 3.05) is 20.1 Å². The number of nitrogens with zero attached hydrogens (tertiary/aromatic N) is 2. The van der Waals surface area contributed by atoms with Crippen LogP contribution >= 0.6 is 0 Å². The molecule has 2 N–H and O–H groups in total. The first kappa shape index (κ1) is 26.2. The van der Waals surface area contributed by atoms with Crippen LogP contribution < -0.4 is 10.6 Å². The van der Waals surface area contributed by atoms with Gasteiger partial charge in [0.05, 0.1) is 6.04 Å². The van der Waals surface area contributed by atoms with E-state index in [-0.39, 0.29) is 35.8 Å². The van der Waals surface area contributed by atoms with Crippen molar-refractivity contribution in [2.45, 2.75) is 90.9 Å². The summed E-state index contributed by atoms with van der Waals surface area (Å²) in [6.07, 6.45) is 3.97. The van der Waals surface area contributed by atoms with Crippen LogP contribution in [-0.4, -0.2) is 71.8 Å². The van der Waals surface area contributed by atoms with Crippen molar-refractivity contribution >= 4 is 17.7 Å². The third-order valence-electron chi connectivity index (χ3n) is 7.39. The van der Waals surface area contributed by atoms with Crippen molar-refractivity contribution in [1.29, 1.82) is 0 Å². The summed E-state index contributed by atoms with van der Waals surface area (Å²) in [7, 11) is 1.73. The molecule has 0 unspecified atom stereocenters. The summed E-state index contributed by atoms with van der Waals surface area (Å²) in [5, 5.41) is 5.93. The van der Waals surface area contributed by atoms with Crippen LogP contribution in [0.4, 0.5) is 0 Å². The normalized spacial score (nSPS) is 20.1. The molecule has 1 aliphatic heterocycles. The zero-order valence-electron chi connectivity index (χ0n) is 21.7. The van der Waals surface area contributed by atoms with E-state index in [0.29, 0.717) is 19.5 Å². The Balaban J connectivity index is 1.77. The monoisotopic (exact) mass is 470 g/mol. The Morgan fingerprint density at radius 2 is 1.76 bits per heavy atom. The molecule has 1 aliphatic carbocycles. The third-order valence-corrected chi connectivity index (χ3v) is 7.39. The third kappa shape index (κ3) is 5.80. The topological polar surface area (TPSA) is 81.8 Å². The zero-order chi connectivity index (χ0) is 25.0. The minimum absolute atomic E-state index is 0.0322. The van der Waals surface area contributed by atoms with Crippen LogP contribution in [0.2, 0.25) is 0 Å². The van der Waals surface area contributed by atoms with Gasteiger partial charge in [-0.15, -0.1) is 0 Å². The fraction of sp³-hybridized carbons (Fsp3) is 0.667. The standard InChI is InChI=1S/C27H42N4O3/c1-7-23(32)31(22-15-19-11-8-9-12-20(19)16-22)17-21-13-10-14-30(21)26(34)24(27(3,4)5)29-25(33)18(2)28-6/h8-9,11-12,18,21-22,24,28H,7,10,13-17H2,1-6H3,(H,29,33)/t18-,21-,24+/m0/s1. The second-order valence-corrected chi connectivity index (χ2v) is 10.9. The summed E-state index contributed by atoms with van der Waals surface area (Å²) in [6, 6.07) is 7.51. The molecule has 7 heteroatoms. The van der Waals surface area contributed by atoms with Gasteiger partial charge in [0.2, 0.25) is 17.7 Å². The molecule has 1 aromatic rings. The Morgan fingerprint density at radius 3 is 2.29 bits per heavy atom. The molecule has 7 nitrogen and oxygen atoms in total. The predicted octanol–water partition coefficient (Wildman–Crippen LogP) is 2.52. The van der Waals surface area contributed by atoms with Gasteiger partial charge in [-0.2, -0.15) is 0 Å². The number of amides is 3. The zero-order valence-corrected chi connectivity index (χ0v) is 21.7. The SMILES string of the molecule is CCC(=O)N(C[C@@H]1CCCN1C(=O)[C@@H](NC(=O)[C@H](C)NC)C(C)(C)C)C1Cc2ccccc2C1. The minimum atomic E-state index is -0.623. The van der Waals surface area contributed by atoms with Gasteiger partial charge in [-0.25, -0.2) is 0 Å². The van der Waals surface area contributed by atoms with E-state index in [1.54, 1.807) is 14.0 Å². The number of likely N-dealkylation sites (tertiary alicyclic amines) is 1. The number of likely N-dealkylation sites (N-methyl/N-ethyl adjacent to an activating group) is 1. The number of benzene rings is 1. The Morgan fingerprint density at radius 1 is 1.15 bits per heavy atom. The highest BCUT2D eigenvalue weighted by molar-refractivity contribution is 5.90. The van der Waals surface area contributed by atoms with E-state index < -0.39 is 11.5 Å². The molecule has 34 heavy (non-hydrogen) atoms. The van der Waals surface area contributed by atoms with Crippen molar-refractivity contribution in [2.24, 2.45) is 5.41 Å². The Hall–Kier alpha value is -2.41. The lowest BCUT2D eigenvalue weighted by Gasteiger charge is -2.38. The first-order chi connectivity index (χ1) is 16.1. The molecule has 3 atom stereocenters. The fourth-order valence-corrected chi connectivity index (χ4v) is 5.17. The summed E-state index contributed by atoms with van der Waals surface area (Å²) in [5.74, 6) is -0.0936. The van der Waals surface area contributed by atoms with Crippen LogP contribution in [0.5, 0.6) is 0 Å². The first-order valence-corrected chi connectivity index (χ1v) is 12.7. The Labute approximate surface area is 204 Å². The van der Waals surface area contributed by atoms with Crippen molar-refractivity contribution in [1.82, 2.24) is 20.4 Å². The van der Waals surface area contributed by atoms with Gasteiger partial charge in [0.15, 0.2) is 0 Å². The Bertz CT molecular complexity index is 869. The van der Waals surface area contributed by atoms with Crippen LogP contribution in [0.15, 0.2) is 24.3 Å². The van der Waals surface area contributed by atoms with Gasteiger partial charge in [-0.1, -0.05) is 52.0 Å². The lowest BCUT2D eigenvalue weighted by Crippen LogP contribution is -2.59. The van der Waals surface area contributed by atoms with E-state index in [9.17, 15) is 14.4 Å². The quantitative estimate of drug-likeness (QED) is 0.612. The van der Waals surface area contributed by atoms with Gasteiger partial charge in [0, 0.05) is 31.6 Å². The number of hydrogen-bond donors (Lipinski definition) is 2. The number of hydrogen-bond acceptors (Lipinski definition) is 4. The molecule has 1 heterocycles. The molecule has 0 saturated carbocycles. The molecule has 1 aromatic carbocycles. The first-order valence-electron chi connectivity index (χ1n) is 12.7. The highest BCUT2D eigenvalue weighted by Gasteiger charge is 2.41. The number of nitrogens with one attached hydrogen (secondary N) is 2. The van der Waals surface area contributed by atoms with Crippen LogP contribution in [0.3, 0.4) is 0 Å². The average molecular weight is 471 g/mol. The summed E-state index contributed by atoms with van der Waals surface area (Å²) < 4.78 is 0. The molecule has 2 aliphatic rings. The molecule has 188 valence electrons. The predicted molar refractivity (Wildman–Crippen MR) is 134 cm³/mol. The van der Waals surface area contributed by atoms with Crippen LogP contribution in [0.1, 0.15) is 65.0 Å². The van der Waals surface area contributed by atoms with Crippen LogP contribution in [0, 0.1) is 5.41 Å². The maximum Gasteiger partial charge on any atom is 0.246 e. The molecule has 1 fully saturated rings. The van der Waals surface area contributed by atoms with Crippen LogP contribution in [-0.2, 0) is 27.2 Å². The van der Waals surface area contributed by atoms with Gasteiger partial charge in [0.1, 0.15) is 6.04 Å². The van der Waals surface area contributed by atoms with Crippen molar-refractivity contribution in [3.63, 3.8) is 0 Å². The molecule has 0 bridgehead atoms. The average Bonchev–Trinajstić information content (AvgIpc) is 3.45. The number of rotatable bonds is 8. The highest BCUT2D eigenvalue weighted by Crippen LogP contribution is 2.30. The van der Waals surface area contributed by atoms with Gasteiger partial charge < -0.3 is 20.4 Å². The number of carbonyl (C=O) groups is 3. The maximum atomic E-state index is 13.8. The summed E-state index contributed by atoms with van der Waals surface area (Å²) in [5.41, 5.74) is 2.20. The Kier molecular flexibility index (Phi) is 8.39. The van der Waals surface area contributed by atoms with E-state index in [1.165, 1.54) is 11.1 Å². The molecular formula is C27H42N4O3. The van der Waals surface area contributed by atoms with E-state index >= 15 is 0 Å². The largest absolute Gasteiger partial charge is 0.342 e. The van der Waals surface area contributed by atoms with Crippen molar-refractivity contribution in [3.05, 3.63) is 35.4 Å². The maximum absolute atomic E-state index is 13.8.